The number of alkyl halides is 3. The fourth-order valence-corrected chi connectivity index (χ4v) is 5.06. The van der Waals surface area contributed by atoms with Gasteiger partial charge in [0.05, 0.1) is 23.2 Å². The first-order valence-corrected chi connectivity index (χ1v) is 12.0. The van der Waals surface area contributed by atoms with Crippen molar-refractivity contribution in [1.29, 1.82) is 0 Å². The third-order valence-corrected chi connectivity index (χ3v) is 7.79. The molecule has 1 saturated heterocycles. The minimum absolute atomic E-state index is 0.00735. The first-order chi connectivity index (χ1) is 16.5. The lowest BCUT2D eigenvalue weighted by Crippen LogP contribution is -2.36. The number of carbonyl (C=O) groups is 2. The molecule has 3 aromatic rings. The van der Waals surface area contributed by atoms with Crippen LogP contribution in [0.3, 0.4) is 0 Å². The number of ether oxygens (including phenoxy) is 1. The van der Waals surface area contributed by atoms with Gasteiger partial charge in [0.25, 0.3) is 15.7 Å². The number of amides is 3. The molecular weight excluding hydrogens is 487 g/mol. The van der Waals surface area contributed by atoms with Crippen molar-refractivity contribution in [3.8, 4) is 5.88 Å². The number of benzene rings is 2. The standard InChI is InChI=1S/C23H18F3N3O5S/c1-34-19-12-14(17-4-2-3-5-18(17)27-19)13-28-21(31)29(20(30)22(28)10-11-22)15-6-8-16(9-7-15)35(32,33)23(24,25)26/h2-9,12H,10-11,13H2,1H3. The van der Waals surface area contributed by atoms with Crippen LogP contribution in [0.1, 0.15) is 18.4 Å². The average Bonchev–Trinajstić information content (AvgIpc) is 3.60. The number of para-hydroxylation sites is 1. The number of aromatic nitrogens is 1. The second kappa shape index (κ2) is 7.67. The first kappa shape index (κ1) is 23.1. The topological polar surface area (TPSA) is 96.9 Å². The van der Waals surface area contributed by atoms with Gasteiger partial charge in [0, 0.05) is 18.0 Å². The minimum Gasteiger partial charge on any atom is -0.481 e. The highest BCUT2D eigenvalue weighted by Gasteiger charge is 2.65. The Morgan fingerprint density at radius 1 is 1.06 bits per heavy atom. The summed E-state index contributed by atoms with van der Waals surface area (Å²) in [6.45, 7) is 0.0843. The molecule has 35 heavy (non-hydrogen) atoms. The Morgan fingerprint density at radius 3 is 2.31 bits per heavy atom. The fraction of sp³-hybridized carbons (Fsp3) is 0.261. The Balaban J connectivity index is 1.50. The zero-order valence-corrected chi connectivity index (χ0v) is 19.1. The number of nitrogens with zero attached hydrogens (tertiary/aromatic N) is 3. The second-order valence-corrected chi connectivity index (χ2v) is 10.3. The number of pyridine rings is 1. The molecule has 5 rings (SSSR count). The van der Waals surface area contributed by atoms with Gasteiger partial charge < -0.3 is 9.64 Å². The number of carbonyl (C=O) groups excluding carboxylic acids is 2. The molecule has 1 aliphatic heterocycles. The van der Waals surface area contributed by atoms with Crippen LogP contribution in [0.2, 0.25) is 0 Å². The van der Waals surface area contributed by atoms with Gasteiger partial charge in [-0.2, -0.15) is 13.2 Å². The SMILES string of the molecule is COc1cc(CN2C(=O)N(c3ccc(S(=O)(=O)C(F)(F)F)cc3)C(=O)C23CC3)c2ccccc2n1. The summed E-state index contributed by atoms with van der Waals surface area (Å²) in [6, 6.07) is 11.9. The van der Waals surface area contributed by atoms with Crippen molar-refractivity contribution in [3.05, 3.63) is 60.2 Å². The van der Waals surface area contributed by atoms with Crippen molar-refractivity contribution in [1.82, 2.24) is 9.88 Å². The van der Waals surface area contributed by atoms with Gasteiger partial charge in [-0.05, 0) is 48.7 Å². The van der Waals surface area contributed by atoms with Crippen molar-refractivity contribution in [2.75, 3.05) is 12.0 Å². The molecule has 0 unspecified atom stereocenters. The van der Waals surface area contributed by atoms with Gasteiger partial charge >= 0.3 is 11.5 Å². The summed E-state index contributed by atoms with van der Waals surface area (Å²) in [5.41, 5.74) is -5.15. The Hall–Kier alpha value is -3.67. The molecule has 0 N–H and O–H groups in total. The van der Waals surface area contributed by atoms with Gasteiger partial charge in [-0.3, -0.25) is 4.79 Å². The smallest absolute Gasteiger partial charge is 0.481 e. The number of rotatable bonds is 5. The van der Waals surface area contributed by atoms with Crippen LogP contribution in [-0.4, -0.2) is 48.4 Å². The van der Waals surface area contributed by atoms with E-state index in [1.807, 2.05) is 18.2 Å². The molecule has 2 aliphatic rings. The molecule has 0 bridgehead atoms. The van der Waals surface area contributed by atoms with Gasteiger partial charge in [-0.1, -0.05) is 18.2 Å². The van der Waals surface area contributed by atoms with E-state index in [4.69, 9.17) is 4.74 Å². The van der Waals surface area contributed by atoms with Crippen molar-refractivity contribution in [3.63, 3.8) is 0 Å². The normalized spacial score (nSPS) is 17.5. The molecule has 1 spiro atoms. The average molecular weight is 505 g/mol. The van der Waals surface area contributed by atoms with Crippen LogP contribution >= 0.6 is 0 Å². The zero-order valence-electron chi connectivity index (χ0n) is 18.2. The highest BCUT2D eigenvalue weighted by Crippen LogP contribution is 2.50. The molecule has 2 aromatic carbocycles. The van der Waals surface area contributed by atoms with Gasteiger partial charge in [-0.15, -0.1) is 0 Å². The van der Waals surface area contributed by atoms with Crippen LogP contribution in [-0.2, 0) is 21.2 Å². The number of anilines is 1. The van der Waals surface area contributed by atoms with E-state index < -0.39 is 37.7 Å². The Labute approximate surface area is 197 Å². The van der Waals surface area contributed by atoms with Gasteiger partial charge in [0.2, 0.25) is 5.88 Å². The number of hydrogen-bond donors (Lipinski definition) is 0. The molecule has 1 aromatic heterocycles. The monoisotopic (exact) mass is 505 g/mol. The van der Waals surface area contributed by atoms with Gasteiger partial charge in [0.15, 0.2) is 0 Å². The summed E-state index contributed by atoms with van der Waals surface area (Å²) in [5, 5.41) is 0.782. The third kappa shape index (κ3) is 3.51. The summed E-state index contributed by atoms with van der Waals surface area (Å²) >= 11 is 0. The van der Waals surface area contributed by atoms with E-state index in [9.17, 15) is 31.2 Å². The van der Waals surface area contributed by atoms with Crippen LogP contribution < -0.4 is 9.64 Å². The van der Waals surface area contributed by atoms with E-state index in [1.54, 1.807) is 12.1 Å². The number of sulfone groups is 1. The number of urea groups is 1. The first-order valence-electron chi connectivity index (χ1n) is 10.5. The molecule has 182 valence electrons. The quantitative estimate of drug-likeness (QED) is 0.486. The summed E-state index contributed by atoms with van der Waals surface area (Å²) in [6.07, 6.45) is 0.878. The summed E-state index contributed by atoms with van der Waals surface area (Å²) in [4.78, 5) is 32.4. The summed E-state index contributed by atoms with van der Waals surface area (Å²) in [5.74, 6) is -0.154. The molecule has 2 fully saturated rings. The van der Waals surface area contributed by atoms with E-state index in [1.165, 1.54) is 12.0 Å². The fourth-order valence-electron chi connectivity index (χ4n) is 4.30. The molecule has 1 saturated carbocycles. The maximum absolute atomic E-state index is 13.4. The van der Waals surface area contributed by atoms with E-state index in [0.717, 1.165) is 34.6 Å². The van der Waals surface area contributed by atoms with E-state index >= 15 is 0 Å². The second-order valence-electron chi connectivity index (χ2n) is 8.32. The number of hydrogen-bond acceptors (Lipinski definition) is 6. The number of halogens is 3. The van der Waals surface area contributed by atoms with Crippen molar-refractivity contribution in [2.24, 2.45) is 0 Å². The Morgan fingerprint density at radius 2 is 1.71 bits per heavy atom. The summed E-state index contributed by atoms with van der Waals surface area (Å²) in [7, 11) is -4.08. The van der Waals surface area contributed by atoms with Gasteiger partial charge in [0.1, 0.15) is 5.54 Å². The molecule has 2 heterocycles. The van der Waals surface area contributed by atoms with Crippen LogP contribution in [0, 0.1) is 0 Å². The van der Waals surface area contributed by atoms with E-state index in [0.29, 0.717) is 29.8 Å². The maximum atomic E-state index is 13.4. The highest BCUT2D eigenvalue weighted by atomic mass is 32.2. The van der Waals surface area contributed by atoms with Crippen molar-refractivity contribution >= 4 is 38.4 Å². The molecule has 0 radical (unpaired) electrons. The van der Waals surface area contributed by atoms with Crippen LogP contribution in [0.15, 0.2) is 59.5 Å². The molecule has 8 nitrogen and oxygen atoms in total. The lowest BCUT2D eigenvalue weighted by atomic mass is 10.1. The lowest BCUT2D eigenvalue weighted by molar-refractivity contribution is -0.120. The maximum Gasteiger partial charge on any atom is 0.501 e. The molecule has 3 amide bonds. The van der Waals surface area contributed by atoms with Crippen molar-refractivity contribution in [2.45, 2.75) is 35.3 Å². The van der Waals surface area contributed by atoms with E-state index in [2.05, 4.69) is 4.98 Å². The van der Waals surface area contributed by atoms with Crippen LogP contribution in [0.4, 0.5) is 23.7 Å². The van der Waals surface area contributed by atoms with Crippen LogP contribution in [0.5, 0.6) is 5.88 Å². The van der Waals surface area contributed by atoms with E-state index in [-0.39, 0.29) is 12.2 Å². The predicted octanol–water partition coefficient (Wildman–Crippen LogP) is 4.04. The number of imide groups is 1. The predicted molar refractivity (Wildman–Crippen MR) is 118 cm³/mol. The van der Waals surface area contributed by atoms with Gasteiger partial charge in [-0.25, -0.2) is 23.1 Å². The van der Waals surface area contributed by atoms with Crippen molar-refractivity contribution < 1.29 is 35.9 Å². The molecule has 12 heteroatoms. The molecule has 0 atom stereocenters. The van der Waals surface area contributed by atoms with Crippen LogP contribution in [0.25, 0.3) is 10.9 Å². The third-order valence-electron chi connectivity index (χ3n) is 6.29. The zero-order chi connectivity index (χ0) is 25.2. The molecular formula is C23H18F3N3O5S. The molecule has 1 aliphatic carbocycles. The lowest BCUT2D eigenvalue weighted by Gasteiger charge is -2.22. The minimum atomic E-state index is -5.55. The largest absolute Gasteiger partial charge is 0.501 e. The highest BCUT2D eigenvalue weighted by molar-refractivity contribution is 7.92. The Bertz CT molecular complexity index is 1470. The summed E-state index contributed by atoms with van der Waals surface area (Å²) < 4.78 is 67.1. The number of fused-ring (bicyclic) bond motifs is 1. The number of methoxy groups -OCH3 is 1. The Kier molecular flexibility index (Phi) is 5.06.